The fourth-order valence-electron chi connectivity index (χ4n) is 5.21. The van der Waals surface area contributed by atoms with E-state index in [2.05, 4.69) is 41.9 Å². The monoisotopic (exact) mass is 893 g/mol. The number of phenolic OH excluding ortho intramolecular Hbond substituents is 1. The second kappa shape index (κ2) is 23.0. The molecule has 0 radical (unpaired) electrons. The molecule has 30 nitrogen and oxygen atoms in total. The van der Waals surface area contributed by atoms with Gasteiger partial charge in [0, 0.05) is 18.0 Å². The van der Waals surface area contributed by atoms with E-state index < -0.39 is 96.2 Å². The van der Waals surface area contributed by atoms with Gasteiger partial charge in [0.15, 0.2) is 48.5 Å². The summed E-state index contributed by atoms with van der Waals surface area (Å²) in [6, 6.07) is 11.4. The van der Waals surface area contributed by atoms with Crippen molar-refractivity contribution >= 4 is 65.2 Å². The summed E-state index contributed by atoms with van der Waals surface area (Å²) in [7, 11) is 1.39. The molecule has 0 aliphatic heterocycles. The van der Waals surface area contributed by atoms with Crippen LogP contribution < -0.4 is 86.2 Å². The normalized spacial score (nSPS) is 13.2. The summed E-state index contributed by atoms with van der Waals surface area (Å²) in [5.74, 6) is -11.2. The average molecular weight is 894 g/mol. The summed E-state index contributed by atoms with van der Waals surface area (Å²) in [6.07, 6.45) is -7.47. The third-order valence-corrected chi connectivity index (χ3v) is 8.06. The second-order valence-electron chi connectivity index (χ2n) is 12.8. The zero-order chi connectivity index (χ0) is 47.7. The molecule has 6 amide bonds. The number of nitrogens with one attached hydrogen (secondary N) is 13. The van der Waals surface area contributed by atoms with Crippen LogP contribution >= 0.6 is 0 Å². The van der Waals surface area contributed by atoms with Crippen molar-refractivity contribution in [1.82, 2.24) is 57.8 Å². The molecule has 0 aliphatic carbocycles. The van der Waals surface area contributed by atoms with Gasteiger partial charge in [0.1, 0.15) is 17.5 Å². The van der Waals surface area contributed by atoms with Gasteiger partial charge in [-0.25, -0.2) is 9.97 Å². The Bertz CT molecular complexity index is 2220. The number of ether oxygens (including phenoxy) is 1. The molecule has 342 valence electrons. The van der Waals surface area contributed by atoms with Crippen molar-refractivity contribution < 1.29 is 43.7 Å². The molecule has 3 aromatic rings. The minimum Gasteiger partial charge on any atom is -0.508 e. The van der Waals surface area contributed by atoms with Crippen LogP contribution in [0.3, 0.4) is 0 Å². The number of nitrogens with zero attached hydrogens (tertiary/aromatic N) is 3. The minimum absolute atomic E-state index is 0.102. The van der Waals surface area contributed by atoms with Gasteiger partial charge in [0.2, 0.25) is 18.1 Å². The molecule has 3 rings (SSSR count). The Hall–Kier alpha value is -9.22. The standard InChI is InChI=1S/C34H47N21O9/c1-64-16-8-9-17(56)15(12-16)13-55(34-44-10-5-11-45-34)29(63)28(62)46-18(14-6-3-2-4-7-14)24(58)48-21(52-31(38)39)26(60)50-23(54-33(42)43)27(61)49-22(53-32(40)41)25(59)47-20(19(35)57)51-30(36)37/h2-12,18,20-23,29,56,63H,13H2,1H3,(H2,35,57)(H,46,62)(H,47,59)(H,48,58)(H,49,61)(H,50,60)(H4,36,37,51)(H4,38,39,52)(H4,40,41,53)(H4,42,43,54). The van der Waals surface area contributed by atoms with E-state index in [0.717, 1.165) is 4.90 Å². The summed E-state index contributed by atoms with van der Waals surface area (Å²) >= 11 is 0. The zero-order valence-corrected chi connectivity index (χ0v) is 33.5. The molecular weight excluding hydrogens is 847 g/mol. The Balaban J connectivity index is 1.92. The lowest BCUT2D eigenvalue weighted by molar-refractivity contribution is -0.136. The van der Waals surface area contributed by atoms with Crippen LogP contribution in [0.2, 0.25) is 0 Å². The van der Waals surface area contributed by atoms with Gasteiger partial charge in [-0.3, -0.25) is 50.4 Å². The molecule has 30 heteroatoms. The van der Waals surface area contributed by atoms with Crippen molar-refractivity contribution in [2.24, 2.45) is 28.7 Å². The molecule has 0 fully saturated rings. The molecular formula is C34H47N21O9. The number of carbonyl (C=O) groups is 6. The van der Waals surface area contributed by atoms with E-state index in [-0.39, 0.29) is 29.4 Å². The number of benzene rings is 2. The maximum Gasteiger partial charge on any atom is 0.271 e. The first kappa shape index (κ1) is 49.1. The maximum atomic E-state index is 14.1. The van der Waals surface area contributed by atoms with Crippen molar-refractivity contribution in [3.63, 3.8) is 0 Å². The van der Waals surface area contributed by atoms with Gasteiger partial charge in [0.05, 0.1) is 13.7 Å². The van der Waals surface area contributed by atoms with Gasteiger partial charge in [-0.05, 0) is 29.8 Å². The van der Waals surface area contributed by atoms with E-state index in [9.17, 15) is 39.0 Å². The molecule has 1 aromatic heterocycles. The Labute approximate surface area is 361 Å². The number of carbonyl (C=O) groups excluding carboxylic acids is 6. The van der Waals surface area contributed by atoms with Crippen LogP contribution in [0.25, 0.3) is 0 Å². The number of amides is 6. The van der Waals surface area contributed by atoms with Crippen molar-refractivity contribution in [1.29, 1.82) is 21.6 Å². The third kappa shape index (κ3) is 14.8. The summed E-state index contributed by atoms with van der Waals surface area (Å²) in [5, 5.41) is 71.4. The first-order chi connectivity index (χ1) is 30.2. The smallest absolute Gasteiger partial charge is 0.271 e. The van der Waals surface area contributed by atoms with Crippen molar-refractivity contribution in [3.8, 4) is 11.5 Å². The number of aromatic hydroxyl groups is 1. The van der Waals surface area contributed by atoms with Crippen LogP contribution in [0.1, 0.15) is 17.2 Å². The van der Waals surface area contributed by atoms with E-state index in [1.54, 1.807) is 6.07 Å². The van der Waals surface area contributed by atoms with Crippen LogP contribution in [-0.4, -0.2) is 117 Å². The Kier molecular flexibility index (Phi) is 17.6. The Morgan fingerprint density at radius 2 is 1.08 bits per heavy atom. The van der Waals surface area contributed by atoms with E-state index in [1.165, 1.54) is 68.0 Å². The van der Waals surface area contributed by atoms with Crippen LogP contribution in [-0.2, 0) is 35.3 Å². The number of guanidine groups is 4. The minimum atomic E-state index is -2.14. The number of anilines is 1. The fraction of sp³-hybridized carbons (Fsp3) is 0.235. The number of aliphatic hydroxyl groups is 1. The van der Waals surface area contributed by atoms with Gasteiger partial charge in [-0.2, -0.15) is 0 Å². The van der Waals surface area contributed by atoms with Gasteiger partial charge in [0.25, 0.3) is 29.5 Å². The SMILES string of the molecule is COc1ccc(O)c(CN(c2ncccn2)C(O)C(=O)NC(C(=O)NC(NC(=N)N)C(=O)NC(NC(=N)N)C(=O)NC(NC(=N)N)C(=O)NC(NC(=N)N)C(N)=O)c2ccccc2)c1. The lowest BCUT2D eigenvalue weighted by Gasteiger charge is -2.30. The number of methoxy groups -OCH3 is 1. The van der Waals surface area contributed by atoms with Crippen LogP contribution in [0.5, 0.6) is 11.5 Å². The molecule has 0 aliphatic rings. The highest BCUT2D eigenvalue weighted by Crippen LogP contribution is 2.26. The number of nitrogens with two attached hydrogens (primary N) is 5. The molecule has 1 heterocycles. The number of phenols is 1. The molecule has 6 unspecified atom stereocenters. The van der Waals surface area contributed by atoms with Gasteiger partial charge in [-0.1, -0.05) is 30.3 Å². The number of primary amides is 1. The molecule has 2 aromatic carbocycles. The van der Waals surface area contributed by atoms with E-state index in [4.69, 9.17) is 55.0 Å². The molecule has 25 N–H and O–H groups in total. The number of rotatable bonds is 21. The average Bonchev–Trinajstić information content (AvgIpc) is 3.23. The summed E-state index contributed by atoms with van der Waals surface area (Å²) in [6.45, 7) is -0.362. The highest BCUT2D eigenvalue weighted by molar-refractivity contribution is 5.99. The highest BCUT2D eigenvalue weighted by atomic mass is 16.5. The summed E-state index contributed by atoms with van der Waals surface area (Å²) < 4.78 is 5.23. The third-order valence-electron chi connectivity index (χ3n) is 8.06. The molecule has 0 saturated carbocycles. The number of hydrogen-bond donors (Lipinski definition) is 20. The lowest BCUT2D eigenvalue weighted by Crippen LogP contribution is -2.68. The van der Waals surface area contributed by atoms with Crippen molar-refractivity contribution in [2.75, 3.05) is 12.0 Å². The Morgan fingerprint density at radius 3 is 1.53 bits per heavy atom. The molecule has 64 heavy (non-hydrogen) atoms. The van der Waals surface area contributed by atoms with Crippen molar-refractivity contribution in [3.05, 3.63) is 78.1 Å². The van der Waals surface area contributed by atoms with Gasteiger partial charge >= 0.3 is 0 Å². The first-order valence-electron chi connectivity index (χ1n) is 18.1. The number of hydrogen-bond acceptors (Lipinski definition) is 16. The fourth-order valence-corrected chi connectivity index (χ4v) is 5.21. The van der Waals surface area contributed by atoms with E-state index in [1.807, 2.05) is 16.0 Å². The van der Waals surface area contributed by atoms with Gasteiger partial charge < -0.3 is 96.4 Å². The lowest BCUT2D eigenvalue weighted by atomic mass is 10.1. The number of aromatic nitrogens is 2. The second-order valence-corrected chi connectivity index (χ2v) is 12.8. The molecule has 0 bridgehead atoms. The Morgan fingerprint density at radius 1 is 0.625 bits per heavy atom. The van der Waals surface area contributed by atoms with Crippen LogP contribution in [0.15, 0.2) is 67.0 Å². The summed E-state index contributed by atoms with van der Waals surface area (Å²) in [4.78, 5) is 89.1. The predicted octanol–water partition coefficient (Wildman–Crippen LogP) is -7.44. The molecule has 0 spiro atoms. The van der Waals surface area contributed by atoms with E-state index in [0.29, 0.717) is 5.75 Å². The first-order valence-corrected chi connectivity index (χ1v) is 18.1. The zero-order valence-electron chi connectivity index (χ0n) is 33.5. The van der Waals surface area contributed by atoms with Crippen LogP contribution in [0, 0.1) is 21.6 Å². The largest absolute Gasteiger partial charge is 0.508 e. The van der Waals surface area contributed by atoms with Crippen molar-refractivity contribution in [2.45, 2.75) is 43.5 Å². The quantitative estimate of drug-likeness (QED) is 0.0268. The predicted molar refractivity (Wildman–Crippen MR) is 223 cm³/mol. The molecule has 6 atom stereocenters. The highest BCUT2D eigenvalue weighted by Gasteiger charge is 2.35. The van der Waals surface area contributed by atoms with Crippen LogP contribution in [0.4, 0.5) is 5.95 Å². The topological polar surface area (TPSA) is 515 Å². The van der Waals surface area contributed by atoms with E-state index >= 15 is 0 Å². The maximum absolute atomic E-state index is 14.1. The number of aliphatic hydroxyl groups excluding tert-OH is 1. The summed E-state index contributed by atoms with van der Waals surface area (Å²) in [5.41, 5.74) is 27.0. The molecule has 0 saturated heterocycles. The van der Waals surface area contributed by atoms with Gasteiger partial charge in [-0.15, -0.1) is 0 Å².